The molecule has 0 aliphatic carbocycles. The molecule has 0 aliphatic heterocycles. The number of hydrogen-bond donors (Lipinski definition) is 0. The van der Waals surface area contributed by atoms with Gasteiger partial charge in [0.2, 0.25) is 0 Å². The first kappa shape index (κ1) is 19.7. The average Bonchev–Trinajstić information content (AvgIpc) is 2.44. The van der Waals surface area contributed by atoms with Crippen LogP contribution in [0.15, 0.2) is 0 Å². The molecule has 0 spiro atoms. The van der Waals surface area contributed by atoms with Gasteiger partial charge >= 0.3 is 127 Å². The summed E-state index contributed by atoms with van der Waals surface area (Å²) in [5.74, 6) is 0. The van der Waals surface area contributed by atoms with Gasteiger partial charge < -0.3 is 0 Å². The second kappa shape index (κ2) is 13.7. The third kappa shape index (κ3) is 10.1. The third-order valence-corrected chi connectivity index (χ3v) is 6.54. The van der Waals surface area contributed by atoms with E-state index in [0.717, 1.165) is 6.42 Å². The minimum absolute atomic E-state index is 0.266. The summed E-state index contributed by atoms with van der Waals surface area (Å²) >= 11 is 0.266. The molecule has 0 aromatic rings. The first-order valence-corrected chi connectivity index (χ1v) is 11.7. The molecule has 0 bridgehead atoms. The first-order valence-electron chi connectivity index (χ1n) is 6.69. The van der Waals surface area contributed by atoms with Crippen molar-refractivity contribution < 1.29 is 49.6 Å². The summed E-state index contributed by atoms with van der Waals surface area (Å²) in [5.41, 5.74) is 0. The van der Waals surface area contributed by atoms with Gasteiger partial charge in [-0.3, -0.25) is 0 Å². The monoisotopic (exact) mass is 409 g/mol. The fraction of sp³-hybridized carbons (Fsp3) is 1.00. The summed E-state index contributed by atoms with van der Waals surface area (Å²) in [5, 5.41) is 0. The molecule has 0 atom stereocenters. The van der Waals surface area contributed by atoms with Crippen LogP contribution in [0, 0.1) is 0 Å². The fourth-order valence-electron chi connectivity index (χ4n) is 1.12. The van der Waals surface area contributed by atoms with Gasteiger partial charge in [0.05, 0.1) is 0 Å². The molecule has 0 radical (unpaired) electrons. The molecule has 0 saturated heterocycles. The Labute approximate surface area is 127 Å². The van der Waals surface area contributed by atoms with E-state index in [2.05, 4.69) is 6.92 Å². The van der Waals surface area contributed by atoms with E-state index in [1.807, 2.05) is 20.8 Å². The van der Waals surface area contributed by atoms with E-state index in [4.69, 9.17) is 28.4 Å². The molecule has 0 saturated carbocycles. The van der Waals surface area contributed by atoms with Gasteiger partial charge in [0.15, 0.2) is 0 Å². The zero-order valence-corrected chi connectivity index (χ0v) is 15.4. The number of rotatable bonds is 14. The van der Waals surface area contributed by atoms with Crippen molar-refractivity contribution in [2.45, 2.75) is 40.2 Å². The summed E-state index contributed by atoms with van der Waals surface area (Å²) in [6, 6.07) is 0.632. The van der Waals surface area contributed by atoms with Crippen LogP contribution in [0.2, 0.25) is 6.04 Å². The van der Waals surface area contributed by atoms with Crippen LogP contribution < -0.4 is 21.2 Å². The van der Waals surface area contributed by atoms with Crippen molar-refractivity contribution in [2.24, 2.45) is 0 Å². The molecule has 8 heteroatoms. The Balaban J connectivity index is 4.38. The molecule has 118 valence electrons. The van der Waals surface area contributed by atoms with Gasteiger partial charge in [-0.1, -0.05) is 0 Å². The van der Waals surface area contributed by atoms with Crippen molar-refractivity contribution in [1.82, 2.24) is 0 Å². The summed E-state index contributed by atoms with van der Waals surface area (Å²) in [7, 11) is -3.06. The molecule has 0 N–H and O–H groups in total. The van der Waals surface area contributed by atoms with Crippen LogP contribution in [0.4, 0.5) is 0 Å². The van der Waals surface area contributed by atoms with Crippen LogP contribution in [0.25, 0.3) is 0 Å². The van der Waals surface area contributed by atoms with Crippen molar-refractivity contribution in [2.75, 3.05) is 28.7 Å². The van der Waals surface area contributed by atoms with Crippen LogP contribution in [0.3, 0.4) is 0 Å². The topological polar surface area (TPSA) is 55.4 Å². The Kier molecular flexibility index (Phi) is 14.2. The Morgan fingerprint density at radius 3 is 1.63 bits per heavy atom. The molecule has 0 amide bonds. The number of hydrogen-bond acceptors (Lipinski definition) is 6. The minimum atomic E-state index is -3.06. The fourth-order valence-corrected chi connectivity index (χ4v) is 5.36. The van der Waals surface area contributed by atoms with Crippen molar-refractivity contribution >= 4 is 8.80 Å². The molecule has 0 unspecified atom stereocenters. The van der Waals surface area contributed by atoms with E-state index in [9.17, 15) is 0 Å². The Morgan fingerprint density at radius 2 is 1.26 bits per heavy atom. The average molecular weight is 409 g/mol. The molecule has 0 aliphatic rings. The number of alkyl halides is 2. The van der Waals surface area contributed by atoms with Crippen molar-refractivity contribution in [3.05, 3.63) is 0 Å². The van der Waals surface area contributed by atoms with Gasteiger partial charge in [0, 0.05) is 0 Å². The molecular weight excluding hydrogens is 383 g/mol. The maximum absolute atomic E-state index is 5.32. The van der Waals surface area contributed by atoms with E-state index >= 15 is 0 Å². The quantitative estimate of drug-likeness (QED) is 0.0948. The maximum atomic E-state index is 5.32. The van der Waals surface area contributed by atoms with E-state index < -0.39 is 8.80 Å². The van der Waals surface area contributed by atoms with E-state index in [0.29, 0.717) is 25.9 Å². The van der Waals surface area contributed by atoms with Gasteiger partial charge in [-0.15, -0.1) is 0 Å². The van der Waals surface area contributed by atoms with Gasteiger partial charge in [-0.2, -0.15) is 0 Å². The molecule has 0 aromatic heterocycles. The third-order valence-electron chi connectivity index (χ3n) is 1.85. The van der Waals surface area contributed by atoms with Gasteiger partial charge in [0.1, 0.15) is 0 Å². The SMILES string of the molecule is CCOO[Si](CCC[I-]CC)(OOCC)OOCC. The second-order valence-corrected chi connectivity index (χ2v) is 9.45. The summed E-state index contributed by atoms with van der Waals surface area (Å²) in [6.45, 7) is 8.97. The van der Waals surface area contributed by atoms with Crippen molar-refractivity contribution in [3.63, 3.8) is 0 Å². The van der Waals surface area contributed by atoms with E-state index in [1.54, 1.807) is 0 Å². The van der Waals surface area contributed by atoms with Crippen LogP contribution in [0.1, 0.15) is 34.1 Å². The molecule has 19 heavy (non-hydrogen) atoms. The van der Waals surface area contributed by atoms with E-state index in [-0.39, 0.29) is 21.2 Å². The van der Waals surface area contributed by atoms with Gasteiger partial charge in [-0.05, 0) is 0 Å². The summed E-state index contributed by atoms with van der Waals surface area (Å²) in [4.78, 5) is 15.0. The predicted molar refractivity (Wildman–Crippen MR) is 68.7 cm³/mol. The Bertz CT molecular complexity index is 176. The van der Waals surface area contributed by atoms with Crippen molar-refractivity contribution in [1.29, 1.82) is 0 Å². The zero-order chi connectivity index (χ0) is 14.4. The predicted octanol–water partition coefficient (Wildman–Crippen LogP) is -0.671. The van der Waals surface area contributed by atoms with Gasteiger partial charge in [0.25, 0.3) is 0 Å². The molecule has 0 rings (SSSR count). The zero-order valence-electron chi connectivity index (χ0n) is 12.3. The molecule has 0 heterocycles. The molecule has 0 fully saturated rings. The Morgan fingerprint density at radius 1 is 0.789 bits per heavy atom. The summed E-state index contributed by atoms with van der Waals surface area (Å²) in [6.07, 6.45) is 0.973. The van der Waals surface area contributed by atoms with Crippen LogP contribution in [-0.2, 0) is 28.4 Å². The summed E-state index contributed by atoms with van der Waals surface area (Å²) < 4.78 is 18.4. The van der Waals surface area contributed by atoms with Crippen LogP contribution in [-0.4, -0.2) is 37.5 Å². The van der Waals surface area contributed by atoms with Crippen LogP contribution in [0.5, 0.6) is 0 Å². The molecule has 0 aromatic carbocycles. The van der Waals surface area contributed by atoms with Gasteiger partial charge in [-0.25, -0.2) is 0 Å². The number of halogens is 1. The normalized spacial score (nSPS) is 12.2. The molecular formula is C11H26IO6Si-. The van der Waals surface area contributed by atoms with E-state index in [1.165, 1.54) is 8.86 Å². The second-order valence-electron chi connectivity index (χ2n) is 3.40. The standard InChI is InChI=1S/C11H26IO6Si/c1-5-12-10-9-11-19(16-13-6-2,17-14-7-3)18-15-8-4/h5-11H2,1-4H3/q-1. The first-order chi connectivity index (χ1) is 9.24. The van der Waals surface area contributed by atoms with Crippen LogP contribution >= 0.6 is 0 Å². The van der Waals surface area contributed by atoms with Crippen molar-refractivity contribution in [3.8, 4) is 0 Å². The Hall–Kier alpha value is 0.707. The molecule has 6 nitrogen and oxygen atoms in total.